The first-order chi connectivity index (χ1) is 10.7. The predicted molar refractivity (Wildman–Crippen MR) is 88.9 cm³/mol. The monoisotopic (exact) mass is 302 g/mol. The molecule has 0 aromatic heterocycles. The first kappa shape index (κ1) is 18.1. The maximum atomic E-state index is 12.5. The first-order valence-corrected chi connectivity index (χ1v) is 8.17. The number of hydrogen-bond acceptors (Lipinski definition) is 3. The number of rotatable bonds is 10. The van der Waals surface area contributed by atoms with E-state index in [9.17, 15) is 9.59 Å². The molecule has 0 fully saturated rings. The van der Waals surface area contributed by atoms with Crippen molar-refractivity contribution in [3.05, 3.63) is 47.5 Å². The summed E-state index contributed by atoms with van der Waals surface area (Å²) in [5.74, 6) is -0.780. The van der Waals surface area contributed by atoms with Crippen molar-refractivity contribution >= 4 is 11.8 Å². The van der Waals surface area contributed by atoms with Crippen LogP contribution in [0, 0.1) is 0 Å². The summed E-state index contributed by atoms with van der Waals surface area (Å²) in [7, 11) is 0. The maximum Gasteiger partial charge on any atom is 0.341 e. The van der Waals surface area contributed by atoms with Gasteiger partial charge in [0.25, 0.3) is 0 Å². The number of carbonyl (C=O) groups is 2. The van der Waals surface area contributed by atoms with Gasteiger partial charge in [0.2, 0.25) is 0 Å². The molecule has 3 nitrogen and oxygen atoms in total. The Balaban J connectivity index is 2.71. The molecule has 0 heterocycles. The molecule has 1 aromatic rings. The van der Waals surface area contributed by atoms with Crippen LogP contribution in [0.25, 0.3) is 0 Å². The van der Waals surface area contributed by atoms with Crippen LogP contribution in [-0.2, 0) is 9.53 Å². The van der Waals surface area contributed by atoms with Crippen LogP contribution in [0.2, 0.25) is 0 Å². The van der Waals surface area contributed by atoms with Crippen molar-refractivity contribution < 1.29 is 14.3 Å². The summed E-state index contributed by atoms with van der Waals surface area (Å²) in [6.45, 7) is 4.19. The Morgan fingerprint density at radius 2 is 1.68 bits per heavy atom. The Morgan fingerprint density at radius 3 is 2.32 bits per heavy atom. The molecule has 0 aliphatic carbocycles. The van der Waals surface area contributed by atoms with Crippen LogP contribution in [0.15, 0.2) is 42.0 Å². The molecule has 22 heavy (non-hydrogen) atoms. The van der Waals surface area contributed by atoms with Gasteiger partial charge in [-0.3, -0.25) is 4.79 Å². The van der Waals surface area contributed by atoms with Crippen molar-refractivity contribution in [1.29, 1.82) is 0 Å². The predicted octanol–water partition coefficient (Wildman–Crippen LogP) is 4.72. The third-order valence-corrected chi connectivity index (χ3v) is 3.43. The molecule has 0 N–H and O–H groups in total. The second kappa shape index (κ2) is 10.8. The van der Waals surface area contributed by atoms with Gasteiger partial charge in [-0.15, -0.1) is 0 Å². The zero-order chi connectivity index (χ0) is 16.2. The number of ketones is 1. The molecule has 0 radical (unpaired) electrons. The van der Waals surface area contributed by atoms with Crippen molar-refractivity contribution in [2.45, 2.75) is 52.4 Å². The summed E-state index contributed by atoms with van der Waals surface area (Å²) < 4.78 is 5.01. The Kier molecular flexibility index (Phi) is 8.89. The largest absolute Gasteiger partial charge is 0.462 e. The van der Waals surface area contributed by atoms with Crippen molar-refractivity contribution in [3.63, 3.8) is 0 Å². The van der Waals surface area contributed by atoms with Crippen LogP contribution in [-0.4, -0.2) is 18.4 Å². The second-order valence-electron chi connectivity index (χ2n) is 5.24. The number of benzene rings is 1. The summed E-state index contributed by atoms with van der Waals surface area (Å²) in [6, 6.07) is 8.87. The molecule has 0 saturated heterocycles. The number of ether oxygens (including phenoxy) is 1. The molecule has 1 aromatic carbocycles. The summed E-state index contributed by atoms with van der Waals surface area (Å²) in [5.41, 5.74) is 0.677. The maximum absolute atomic E-state index is 12.5. The van der Waals surface area contributed by atoms with Gasteiger partial charge in [-0.25, -0.2) is 4.79 Å². The Labute approximate surface area is 133 Å². The van der Waals surface area contributed by atoms with Crippen LogP contribution >= 0.6 is 0 Å². The van der Waals surface area contributed by atoms with Crippen LogP contribution < -0.4 is 0 Å². The third kappa shape index (κ3) is 6.25. The standard InChI is InChI=1S/C19H26O3/c1-3-5-6-7-8-12-15-17(19(21)22-4-2)18(20)16-13-10-9-11-14-16/h9-11,13-15H,3-8,12H2,1-2H3. The molecule has 0 saturated carbocycles. The van der Waals surface area contributed by atoms with E-state index in [2.05, 4.69) is 6.92 Å². The molecular formula is C19H26O3. The summed E-state index contributed by atoms with van der Waals surface area (Å²) >= 11 is 0. The molecule has 0 aliphatic rings. The van der Waals surface area contributed by atoms with Gasteiger partial charge in [0.15, 0.2) is 5.78 Å². The summed E-state index contributed by atoms with van der Waals surface area (Å²) in [6.07, 6.45) is 8.22. The third-order valence-electron chi connectivity index (χ3n) is 3.43. The van der Waals surface area contributed by atoms with Crippen LogP contribution in [0.5, 0.6) is 0 Å². The molecule has 1 rings (SSSR count). The highest BCUT2D eigenvalue weighted by Crippen LogP contribution is 2.13. The van der Waals surface area contributed by atoms with Crippen LogP contribution in [0.4, 0.5) is 0 Å². The number of unbranched alkanes of at least 4 members (excludes halogenated alkanes) is 5. The van der Waals surface area contributed by atoms with E-state index in [0.717, 1.165) is 19.3 Å². The van der Waals surface area contributed by atoms with E-state index in [1.165, 1.54) is 19.3 Å². The Morgan fingerprint density at radius 1 is 1.00 bits per heavy atom. The molecule has 3 heteroatoms. The van der Waals surface area contributed by atoms with Crippen molar-refractivity contribution in [2.24, 2.45) is 0 Å². The topological polar surface area (TPSA) is 43.4 Å². The molecule has 0 aliphatic heterocycles. The molecule has 0 spiro atoms. The van der Waals surface area contributed by atoms with Crippen LogP contribution in [0.1, 0.15) is 62.7 Å². The quantitative estimate of drug-likeness (QED) is 0.157. The lowest BCUT2D eigenvalue weighted by molar-refractivity contribution is -0.138. The van der Waals surface area contributed by atoms with Gasteiger partial charge in [-0.05, 0) is 19.8 Å². The summed E-state index contributed by atoms with van der Waals surface area (Å²) in [5, 5.41) is 0. The highest BCUT2D eigenvalue weighted by Gasteiger charge is 2.20. The van der Waals surface area contributed by atoms with Crippen molar-refractivity contribution in [2.75, 3.05) is 6.61 Å². The van der Waals surface area contributed by atoms with Crippen LogP contribution in [0.3, 0.4) is 0 Å². The van der Waals surface area contributed by atoms with E-state index < -0.39 is 5.97 Å². The van der Waals surface area contributed by atoms with Gasteiger partial charge >= 0.3 is 5.97 Å². The van der Waals surface area contributed by atoms with Crippen molar-refractivity contribution in [3.8, 4) is 0 Å². The Hall–Kier alpha value is -1.90. The SMILES string of the molecule is CCCCCCCC=C(C(=O)OCC)C(=O)c1ccccc1. The molecule has 0 amide bonds. The normalized spacial score (nSPS) is 11.3. The Bertz CT molecular complexity index is 489. The minimum Gasteiger partial charge on any atom is -0.462 e. The number of allylic oxidation sites excluding steroid dienone is 1. The number of carbonyl (C=O) groups excluding carboxylic acids is 2. The van der Waals surface area contributed by atoms with E-state index in [4.69, 9.17) is 4.74 Å². The first-order valence-electron chi connectivity index (χ1n) is 8.17. The molecule has 0 bridgehead atoms. The molecular weight excluding hydrogens is 276 g/mol. The van der Waals surface area contributed by atoms with E-state index in [1.54, 1.807) is 37.3 Å². The smallest absolute Gasteiger partial charge is 0.341 e. The minimum absolute atomic E-state index is 0.156. The number of esters is 1. The zero-order valence-electron chi connectivity index (χ0n) is 13.6. The van der Waals surface area contributed by atoms with E-state index in [0.29, 0.717) is 5.56 Å². The van der Waals surface area contributed by atoms with Gasteiger partial charge in [0, 0.05) is 5.56 Å². The van der Waals surface area contributed by atoms with Gasteiger partial charge in [-0.2, -0.15) is 0 Å². The van der Waals surface area contributed by atoms with Gasteiger partial charge in [0.05, 0.1) is 6.61 Å². The van der Waals surface area contributed by atoms with Gasteiger partial charge in [-0.1, -0.05) is 69.0 Å². The lowest BCUT2D eigenvalue weighted by Gasteiger charge is -2.07. The fraction of sp³-hybridized carbons (Fsp3) is 0.474. The summed E-state index contributed by atoms with van der Waals surface area (Å²) in [4.78, 5) is 24.5. The average molecular weight is 302 g/mol. The number of Topliss-reactive ketones (excluding diaryl/α,β-unsaturated/α-hetero) is 1. The average Bonchev–Trinajstić information content (AvgIpc) is 2.54. The minimum atomic E-state index is -0.523. The highest BCUT2D eigenvalue weighted by molar-refractivity contribution is 6.24. The van der Waals surface area contributed by atoms with E-state index in [-0.39, 0.29) is 18.0 Å². The van der Waals surface area contributed by atoms with Gasteiger partial charge in [0.1, 0.15) is 5.57 Å². The highest BCUT2D eigenvalue weighted by atomic mass is 16.5. The fourth-order valence-electron chi connectivity index (χ4n) is 2.22. The fourth-order valence-corrected chi connectivity index (χ4v) is 2.22. The lowest BCUT2D eigenvalue weighted by Crippen LogP contribution is -2.16. The molecule has 0 atom stereocenters. The molecule has 120 valence electrons. The lowest BCUT2D eigenvalue weighted by atomic mass is 10.0. The van der Waals surface area contributed by atoms with E-state index >= 15 is 0 Å². The second-order valence-corrected chi connectivity index (χ2v) is 5.24. The van der Waals surface area contributed by atoms with E-state index in [1.807, 2.05) is 6.07 Å². The number of hydrogen-bond donors (Lipinski definition) is 0. The van der Waals surface area contributed by atoms with Crippen molar-refractivity contribution in [1.82, 2.24) is 0 Å². The van der Waals surface area contributed by atoms with Gasteiger partial charge < -0.3 is 4.74 Å². The zero-order valence-corrected chi connectivity index (χ0v) is 13.6. The molecule has 0 unspecified atom stereocenters.